The van der Waals surface area contributed by atoms with Gasteiger partial charge in [-0.3, -0.25) is 4.98 Å². The molecule has 0 atom stereocenters. The van der Waals surface area contributed by atoms with Gasteiger partial charge in [-0.1, -0.05) is 0 Å². The van der Waals surface area contributed by atoms with Crippen LogP contribution in [-0.2, 0) is 6.42 Å². The highest BCUT2D eigenvalue weighted by molar-refractivity contribution is 5.35. The highest BCUT2D eigenvalue weighted by Crippen LogP contribution is 2.11. The van der Waals surface area contributed by atoms with E-state index in [1.807, 2.05) is 26.0 Å². The Bertz CT molecular complexity index is 524. The highest BCUT2D eigenvalue weighted by atomic mass is 16.5. The summed E-state index contributed by atoms with van der Waals surface area (Å²) in [5.74, 6) is 1.03. The van der Waals surface area contributed by atoms with Gasteiger partial charge in [-0.25, -0.2) is 0 Å². The van der Waals surface area contributed by atoms with Crippen LogP contribution >= 0.6 is 0 Å². The number of aromatic nitrogens is 4. The van der Waals surface area contributed by atoms with Crippen molar-refractivity contribution in [2.75, 3.05) is 30.3 Å². The molecule has 7 heteroatoms. The van der Waals surface area contributed by atoms with Crippen molar-refractivity contribution in [3.05, 3.63) is 30.1 Å². The minimum atomic E-state index is 0.329. The average molecular weight is 288 g/mol. The second kappa shape index (κ2) is 7.98. The van der Waals surface area contributed by atoms with Crippen LogP contribution in [0.15, 0.2) is 24.5 Å². The Labute approximate surface area is 124 Å². The smallest absolute Gasteiger partial charge is 0.323 e. The summed E-state index contributed by atoms with van der Waals surface area (Å²) < 4.78 is 5.35. The molecule has 0 saturated carbocycles. The first-order valence-electron chi connectivity index (χ1n) is 7.07. The zero-order chi connectivity index (χ0) is 14.9. The predicted molar refractivity (Wildman–Crippen MR) is 81.6 cm³/mol. The molecule has 7 nitrogen and oxygen atoms in total. The van der Waals surface area contributed by atoms with Crippen molar-refractivity contribution in [3.8, 4) is 6.01 Å². The predicted octanol–water partition coefficient (Wildman–Crippen LogP) is 1.75. The number of nitrogens with one attached hydrogen (secondary N) is 2. The zero-order valence-electron chi connectivity index (χ0n) is 12.3. The van der Waals surface area contributed by atoms with E-state index in [1.165, 1.54) is 5.56 Å². The number of pyridine rings is 1. The van der Waals surface area contributed by atoms with Crippen LogP contribution in [0.25, 0.3) is 0 Å². The van der Waals surface area contributed by atoms with E-state index in [4.69, 9.17) is 4.74 Å². The molecule has 0 aliphatic carbocycles. The second-order valence-corrected chi connectivity index (χ2v) is 4.26. The summed E-state index contributed by atoms with van der Waals surface area (Å²) in [6, 6.07) is 4.31. The first-order valence-corrected chi connectivity index (χ1v) is 7.07. The molecule has 0 aromatic carbocycles. The third kappa shape index (κ3) is 4.87. The Morgan fingerprint density at radius 2 is 1.71 bits per heavy atom. The van der Waals surface area contributed by atoms with Gasteiger partial charge in [0.1, 0.15) is 0 Å². The Hall–Kier alpha value is -2.44. The highest BCUT2D eigenvalue weighted by Gasteiger charge is 2.06. The van der Waals surface area contributed by atoms with E-state index < -0.39 is 0 Å². The van der Waals surface area contributed by atoms with Gasteiger partial charge in [-0.15, -0.1) is 0 Å². The lowest BCUT2D eigenvalue weighted by atomic mass is 10.2. The number of ether oxygens (including phenoxy) is 1. The number of hydrogen-bond donors (Lipinski definition) is 2. The van der Waals surface area contributed by atoms with Gasteiger partial charge < -0.3 is 15.4 Å². The maximum absolute atomic E-state index is 5.35. The minimum Gasteiger partial charge on any atom is -0.464 e. The number of hydrogen-bond acceptors (Lipinski definition) is 7. The van der Waals surface area contributed by atoms with Crippen molar-refractivity contribution in [2.45, 2.75) is 20.3 Å². The van der Waals surface area contributed by atoms with Gasteiger partial charge in [0, 0.05) is 25.5 Å². The maximum atomic E-state index is 5.35. The average Bonchev–Trinajstić information content (AvgIpc) is 2.49. The van der Waals surface area contributed by atoms with E-state index in [0.29, 0.717) is 24.5 Å². The Morgan fingerprint density at radius 3 is 2.38 bits per heavy atom. The number of anilines is 2. The molecule has 112 valence electrons. The van der Waals surface area contributed by atoms with Crippen LogP contribution in [0.3, 0.4) is 0 Å². The van der Waals surface area contributed by atoms with Crippen molar-refractivity contribution in [3.63, 3.8) is 0 Å². The fraction of sp³-hybridized carbons (Fsp3) is 0.429. The van der Waals surface area contributed by atoms with Crippen molar-refractivity contribution in [2.24, 2.45) is 0 Å². The van der Waals surface area contributed by atoms with Crippen LogP contribution in [0.1, 0.15) is 19.4 Å². The number of rotatable bonds is 8. The summed E-state index contributed by atoms with van der Waals surface area (Å²) in [5, 5.41) is 6.25. The van der Waals surface area contributed by atoms with Crippen LogP contribution in [0, 0.1) is 0 Å². The monoisotopic (exact) mass is 288 g/mol. The summed E-state index contributed by atoms with van der Waals surface area (Å²) in [6.45, 7) is 5.87. The quantitative estimate of drug-likeness (QED) is 0.765. The summed E-state index contributed by atoms with van der Waals surface area (Å²) in [5.41, 5.74) is 1.21. The maximum Gasteiger partial charge on any atom is 0.323 e. The minimum absolute atomic E-state index is 0.329. The van der Waals surface area contributed by atoms with E-state index in [2.05, 4.69) is 30.6 Å². The molecule has 0 bridgehead atoms. The lowest BCUT2D eigenvalue weighted by Crippen LogP contribution is -2.12. The standard InChI is InChI=1S/C14H20N6O/c1-3-16-12-18-13(20-14(19-12)21-4-2)17-10-7-11-5-8-15-9-6-11/h5-6,8-9H,3-4,7,10H2,1-2H3,(H2,16,17,18,19,20). The summed E-state index contributed by atoms with van der Waals surface area (Å²) in [6.07, 6.45) is 4.44. The molecule has 2 rings (SSSR count). The molecule has 0 aliphatic heterocycles. The molecule has 0 amide bonds. The van der Waals surface area contributed by atoms with Gasteiger partial charge in [0.2, 0.25) is 11.9 Å². The molecule has 0 saturated heterocycles. The van der Waals surface area contributed by atoms with Gasteiger partial charge in [0.05, 0.1) is 6.61 Å². The van der Waals surface area contributed by atoms with Crippen LogP contribution in [-0.4, -0.2) is 39.6 Å². The second-order valence-electron chi connectivity index (χ2n) is 4.26. The molecule has 2 aromatic heterocycles. The topological polar surface area (TPSA) is 84.9 Å². The fourth-order valence-corrected chi connectivity index (χ4v) is 1.73. The SMILES string of the molecule is CCNc1nc(NCCc2ccncc2)nc(OCC)n1. The van der Waals surface area contributed by atoms with E-state index >= 15 is 0 Å². The largest absolute Gasteiger partial charge is 0.464 e. The van der Waals surface area contributed by atoms with Crippen molar-refractivity contribution >= 4 is 11.9 Å². The normalized spacial score (nSPS) is 10.2. The molecule has 0 spiro atoms. The summed E-state index contributed by atoms with van der Waals surface area (Å²) in [7, 11) is 0. The van der Waals surface area contributed by atoms with Gasteiger partial charge in [0.15, 0.2) is 0 Å². The van der Waals surface area contributed by atoms with Gasteiger partial charge in [-0.05, 0) is 38.0 Å². The molecular formula is C14H20N6O. The van der Waals surface area contributed by atoms with Crippen LogP contribution in [0.4, 0.5) is 11.9 Å². The third-order valence-corrected chi connectivity index (χ3v) is 2.67. The van der Waals surface area contributed by atoms with Crippen LogP contribution < -0.4 is 15.4 Å². The van der Waals surface area contributed by atoms with E-state index in [-0.39, 0.29) is 0 Å². The van der Waals surface area contributed by atoms with E-state index in [0.717, 1.165) is 19.5 Å². The van der Waals surface area contributed by atoms with Crippen LogP contribution in [0.5, 0.6) is 6.01 Å². The molecule has 0 radical (unpaired) electrons. The summed E-state index contributed by atoms with van der Waals surface area (Å²) in [4.78, 5) is 16.7. The molecule has 0 unspecified atom stereocenters. The van der Waals surface area contributed by atoms with Crippen molar-refractivity contribution in [1.29, 1.82) is 0 Å². The fourth-order valence-electron chi connectivity index (χ4n) is 1.73. The van der Waals surface area contributed by atoms with E-state index in [9.17, 15) is 0 Å². The van der Waals surface area contributed by atoms with Crippen molar-refractivity contribution in [1.82, 2.24) is 19.9 Å². The first kappa shape index (κ1) is 15.0. The Balaban J connectivity index is 1.97. The lowest BCUT2D eigenvalue weighted by molar-refractivity contribution is 0.312. The number of nitrogens with zero attached hydrogens (tertiary/aromatic N) is 4. The van der Waals surface area contributed by atoms with Crippen LogP contribution in [0.2, 0.25) is 0 Å². The Kier molecular flexibility index (Phi) is 5.69. The molecular weight excluding hydrogens is 268 g/mol. The molecule has 0 aliphatic rings. The van der Waals surface area contributed by atoms with Gasteiger partial charge in [0.25, 0.3) is 0 Å². The Morgan fingerprint density at radius 1 is 1.00 bits per heavy atom. The van der Waals surface area contributed by atoms with Gasteiger partial charge >= 0.3 is 6.01 Å². The third-order valence-electron chi connectivity index (χ3n) is 2.67. The molecule has 2 heterocycles. The molecule has 0 fully saturated rings. The van der Waals surface area contributed by atoms with Crippen molar-refractivity contribution < 1.29 is 4.74 Å². The summed E-state index contributed by atoms with van der Waals surface area (Å²) >= 11 is 0. The van der Waals surface area contributed by atoms with E-state index in [1.54, 1.807) is 12.4 Å². The molecule has 21 heavy (non-hydrogen) atoms. The molecule has 2 aromatic rings. The first-order chi connectivity index (χ1) is 10.3. The lowest BCUT2D eigenvalue weighted by Gasteiger charge is -2.09. The molecule has 2 N–H and O–H groups in total. The van der Waals surface area contributed by atoms with Gasteiger partial charge in [-0.2, -0.15) is 15.0 Å². The zero-order valence-corrected chi connectivity index (χ0v) is 12.3.